The zero-order valence-electron chi connectivity index (χ0n) is 23.0. The Balaban J connectivity index is 1.67. The Morgan fingerprint density at radius 3 is 2.34 bits per heavy atom. The third-order valence-corrected chi connectivity index (χ3v) is 8.47. The predicted octanol–water partition coefficient (Wildman–Crippen LogP) is 6.19. The van der Waals surface area contributed by atoms with Crippen LogP contribution >= 0.6 is 0 Å². The number of carbonyl (C=O) groups is 3. The van der Waals surface area contributed by atoms with Crippen LogP contribution < -0.4 is 5.32 Å². The van der Waals surface area contributed by atoms with Crippen molar-refractivity contribution in [1.29, 1.82) is 0 Å². The molecule has 6 nitrogen and oxygen atoms in total. The van der Waals surface area contributed by atoms with E-state index in [9.17, 15) is 19.5 Å². The molecule has 3 atom stereocenters. The number of hydrogen-bond donors (Lipinski definition) is 2. The first-order valence-electron chi connectivity index (χ1n) is 14.2. The maximum absolute atomic E-state index is 13.8. The fourth-order valence-electron chi connectivity index (χ4n) is 6.37. The first-order valence-corrected chi connectivity index (χ1v) is 14.2. The van der Waals surface area contributed by atoms with E-state index in [2.05, 4.69) is 43.4 Å². The van der Waals surface area contributed by atoms with Gasteiger partial charge in [0.25, 0.3) is 0 Å². The van der Waals surface area contributed by atoms with Crippen LogP contribution in [-0.4, -0.2) is 39.9 Å². The third-order valence-electron chi connectivity index (χ3n) is 8.47. The number of nitrogens with zero attached hydrogens (tertiary/aromatic N) is 1. The molecule has 204 valence electrons. The van der Waals surface area contributed by atoms with Gasteiger partial charge in [-0.3, -0.25) is 9.59 Å². The normalized spacial score (nSPS) is 20.8. The number of aliphatic carboxylic acids is 1. The minimum absolute atomic E-state index is 0.260. The van der Waals surface area contributed by atoms with Gasteiger partial charge in [0, 0.05) is 12.6 Å². The molecule has 0 radical (unpaired) electrons. The van der Waals surface area contributed by atoms with E-state index in [4.69, 9.17) is 0 Å². The summed E-state index contributed by atoms with van der Waals surface area (Å²) < 4.78 is 0. The highest BCUT2D eigenvalue weighted by Crippen LogP contribution is 2.34. The Hall–Kier alpha value is -3.15. The number of hydrogen-bond acceptors (Lipinski definition) is 3. The summed E-state index contributed by atoms with van der Waals surface area (Å²) in [7, 11) is 0. The maximum atomic E-state index is 13.8. The van der Waals surface area contributed by atoms with Crippen molar-refractivity contribution in [3.63, 3.8) is 0 Å². The summed E-state index contributed by atoms with van der Waals surface area (Å²) in [5, 5.41) is 13.3. The largest absolute Gasteiger partial charge is 0.480 e. The van der Waals surface area contributed by atoms with Gasteiger partial charge in [0.2, 0.25) is 11.8 Å². The van der Waals surface area contributed by atoms with Crippen LogP contribution in [0.2, 0.25) is 0 Å². The molecule has 0 bridgehead atoms. The number of nitrogens with one attached hydrogen (secondary N) is 1. The number of benzene rings is 2. The van der Waals surface area contributed by atoms with Crippen LogP contribution in [0.1, 0.15) is 88.3 Å². The van der Waals surface area contributed by atoms with Crippen molar-refractivity contribution in [1.82, 2.24) is 4.90 Å². The zero-order chi connectivity index (χ0) is 27.2. The lowest BCUT2D eigenvalue weighted by Crippen LogP contribution is -2.57. The lowest BCUT2D eigenvalue weighted by atomic mass is 9.83. The summed E-state index contributed by atoms with van der Waals surface area (Å²) in [6.45, 7) is 5.71. The van der Waals surface area contributed by atoms with Crippen LogP contribution in [0.15, 0.2) is 48.5 Å². The summed E-state index contributed by atoms with van der Waals surface area (Å²) >= 11 is 0. The summed E-state index contributed by atoms with van der Waals surface area (Å²) in [6, 6.07) is 14.2. The molecule has 1 fully saturated rings. The Morgan fingerprint density at radius 1 is 1.03 bits per heavy atom. The van der Waals surface area contributed by atoms with Gasteiger partial charge in [0.05, 0.1) is 0 Å². The molecule has 1 aliphatic heterocycles. The Kier molecular flexibility index (Phi) is 9.24. The molecule has 2 aliphatic rings. The molecule has 2 amide bonds. The number of anilines is 1. The fraction of sp³-hybridized carbons (Fsp3) is 0.531. The van der Waals surface area contributed by atoms with Crippen molar-refractivity contribution in [3.05, 3.63) is 65.2 Å². The van der Waals surface area contributed by atoms with E-state index >= 15 is 0 Å². The smallest absolute Gasteiger partial charge is 0.326 e. The average molecular weight is 519 g/mol. The van der Waals surface area contributed by atoms with Crippen molar-refractivity contribution in [3.8, 4) is 0 Å². The summed E-state index contributed by atoms with van der Waals surface area (Å²) in [4.78, 5) is 41.0. The van der Waals surface area contributed by atoms with E-state index in [-0.39, 0.29) is 17.7 Å². The van der Waals surface area contributed by atoms with Gasteiger partial charge in [0.15, 0.2) is 0 Å². The average Bonchev–Trinajstić information content (AvgIpc) is 3.02. The number of amides is 2. The first kappa shape index (κ1) is 27.9. The molecule has 2 aromatic rings. The predicted molar refractivity (Wildman–Crippen MR) is 150 cm³/mol. The van der Waals surface area contributed by atoms with Gasteiger partial charge in [-0.2, -0.15) is 0 Å². The molecule has 2 N–H and O–H groups in total. The van der Waals surface area contributed by atoms with Crippen LogP contribution in [0.4, 0.5) is 5.69 Å². The molecule has 0 spiro atoms. The van der Waals surface area contributed by atoms with E-state index in [0.717, 1.165) is 36.1 Å². The lowest BCUT2D eigenvalue weighted by Gasteiger charge is -2.38. The Morgan fingerprint density at radius 2 is 1.71 bits per heavy atom. The number of carbonyl (C=O) groups excluding carboxylic acids is 2. The Labute approximate surface area is 226 Å². The number of carboxylic acid groups (broad SMARTS) is 1. The zero-order valence-corrected chi connectivity index (χ0v) is 23.0. The van der Waals surface area contributed by atoms with Crippen LogP contribution in [0.3, 0.4) is 0 Å². The van der Waals surface area contributed by atoms with Gasteiger partial charge in [-0.05, 0) is 66.2 Å². The number of fused-ring (bicyclic) bond motifs is 1. The van der Waals surface area contributed by atoms with E-state index in [1.807, 2.05) is 24.3 Å². The second kappa shape index (κ2) is 12.6. The topological polar surface area (TPSA) is 86.7 Å². The lowest BCUT2D eigenvalue weighted by molar-refractivity contribution is -0.155. The highest BCUT2D eigenvalue weighted by atomic mass is 16.4. The number of rotatable bonds is 9. The van der Waals surface area contributed by atoms with Gasteiger partial charge >= 0.3 is 5.97 Å². The molecule has 1 unspecified atom stereocenters. The summed E-state index contributed by atoms with van der Waals surface area (Å²) in [5.41, 5.74) is 4.06. The second-order valence-corrected chi connectivity index (χ2v) is 11.5. The van der Waals surface area contributed by atoms with Gasteiger partial charge < -0.3 is 15.3 Å². The van der Waals surface area contributed by atoms with Crippen LogP contribution in [0, 0.1) is 11.8 Å². The Bertz CT molecular complexity index is 1120. The minimum atomic E-state index is -1.04. The molecule has 0 saturated heterocycles. The third kappa shape index (κ3) is 6.64. The quantitative estimate of drug-likeness (QED) is 0.414. The molecule has 38 heavy (non-hydrogen) atoms. The SMILES string of the molecule is CC(=O)N([C@@H]1C(=O)Nc2ccccc2CC1Cc1ccc(C(C)C)cc1)[C@@H](CCC1CCCCC1)C(=O)O. The van der Waals surface area contributed by atoms with E-state index < -0.39 is 18.1 Å². The highest BCUT2D eigenvalue weighted by Gasteiger charge is 2.43. The maximum Gasteiger partial charge on any atom is 0.326 e. The van der Waals surface area contributed by atoms with Crippen molar-refractivity contribution in [2.45, 2.75) is 96.6 Å². The molecule has 1 saturated carbocycles. The summed E-state index contributed by atoms with van der Waals surface area (Å²) in [5.74, 6) is -1.07. The van der Waals surface area contributed by atoms with Crippen LogP contribution in [-0.2, 0) is 27.2 Å². The molecular formula is C32H42N2O4. The van der Waals surface area contributed by atoms with Gasteiger partial charge in [-0.15, -0.1) is 0 Å². The van der Waals surface area contributed by atoms with Crippen molar-refractivity contribution >= 4 is 23.5 Å². The van der Waals surface area contributed by atoms with Crippen molar-refractivity contribution < 1.29 is 19.5 Å². The standard InChI is InChI=1S/C32H42N2O4/c1-21(2)25-16-13-24(14-17-25)19-27-20-26-11-7-8-12-28(26)33-31(36)30(27)34(22(3)35)29(32(37)38)18-15-23-9-5-4-6-10-23/h7-8,11-14,16-17,21,23,27,29-30H,4-6,9-10,15,18-20H2,1-3H3,(H,33,36)(H,37,38)/t27?,29-,30-/m0/s1. The molecule has 0 aromatic heterocycles. The van der Waals surface area contributed by atoms with E-state index in [1.54, 1.807) is 0 Å². The molecular weight excluding hydrogens is 476 g/mol. The second-order valence-electron chi connectivity index (χ2n) is 11.5. The monoisotopic (exact) mass is 518 g/mol. The first-order chi connectivity index (χ1) is 18.2. The molecule has 4 rings (SSSR count). The number of carboxylic acids is 1. The number of para-hydroxylation sites is 1. The molecule has 6 heteroatoms. The van der Waals surface area contributed by atoms with E-state index in [1.165, 1.54) is 36.6 Å². The molecule has 2 aromatic carbocycles. The highest BCUT2D eigenvalue weighted by molar-refractivity contribution is 5.99. The van der Waals surface area contributed by atoms with Crippen molar-refractivity contribution in [2.75, 3.05) is 5.32 Å². The van der Waals surface area contributed by atoms with Crippen LogP contribution in [0.5, 0.6) is 0 Å². The molecule has 1 aliphatic carbocycles. The van der Waals surface area contributed by atoms with Crippen molar-refractivity contribution in [2.24, 2.45) is 11.8 Å². The molecule has 1 heterocycles. The summed E-state index contributed by atoms with van der Waals surface area (Å²) in [6.07, 6.45) is 8.10. The minimum Gasteiger partial charge on any atom is -0.480 e. The van der Waals surface area contributed by atoms with Gasteiger partial charge in [-0.25, -0.2) is 4.79 Å². The van der Waals surface area contributed by atoms with Gasteiger partial charge in [0.1, 0.15) is 12.1 Å². The van der Waals surface area contributed by atoms with E-state index in [0.29, 0.717) is 31.1 Å². The van der Waals surface area contributed by atoms with Crippen LogP contribution in [0.25, 0.3) is 0 Å². The van der Waals surface area contributed by atoms with Gasteiger partial charge in [-0.1, -0.05) is 88.4 Å². The fourth-order valence-corrected chi connectivity index (χ4v) is 6.37.